The standard InChI is InChI=1S/C16H27N3O/c1-11-5-6-14(20-11)13-7-8-17-15-9-12(18-19(13)15)10-16(2,3)4/h9,11,13-14,17H,5-8,10H2,1-4H3. The molecule has 2 aliphatic heterocycles. The van der Waals surface area contributed by atoms with E-state index >= 15 is 0 Å². The second kappa shape index (κ2) is 5.06. The Kier molecular flexibility index (Phi) is 3.53. The molecule has 4 nitrogen and oxygen atoms in total. The van der Waals surface area contributed by atoms with Crippen molar-refractivity contribution in [2.24, 2.45) is 5.41 Å². The number of hydrogen-bond acceptors (Lipinski definition) is 3. The molecule has 0 spiro atoms. The molecule has 0 aromatic carbocycles. The first kappa shape index (κ1) is 13.9. The van der Waals surface area contributed by atoms with Crippen LogP contribution in [-0.2, 0) is 11.2 Å². The molecule has 0 amide bonds. The fraction of sp³-hybridized carbons (Fsp3) is 0.812. The highest BCUT2D eigenvalue weighted by molar-refractivity contribution is 5.39. The quantitative estimate of drug-likeness (QED) is 0.900. The van der Waals surface area contributed by atoms with Crippen LogP contribution in [0.5, 0.6) is 0 Å². The zero-order valence-corrected chi connectivity index (χ0v) is 13.1. The summed E-state index contributed by atoms with van der Waals surface area (Å²) < 4.78 is 8.27. The third-order valence-electron chi connectivity index (χ3n) is 4.25. The molecule has 4 heteroatoms. The molecule has 0 saturated carbocycles. The van der Waals surface area contributed by atoms with Gasteiger partial charge in [0.05, 0.1) is 23.9 Å². The molecule has 3 rings (SSSR count). The molecule has 1 fully saturated rings. The lowest BCUT2D eigenvalue weighted by Gasteiger charge is -2.30. The molecule has 1 saturated heterocycles. The van der Waals surface area contributed by atoms with E-state index in [9.17, 15) is 0 Å². The van der Waals surface area contributed by atoms with Gasteiger partial charge in [0.25, 0.3) is 0 Å². The normalized spacial score (nSPS) is 30.1. The van der Waals surface area contributed by atoms with Gasteiger partial charge in [-0.15, -0.1) is 0 Å². The fourth-order valence-corrected chi connectivity index (χ4v) is 3.39. The number of aromatic nitrogens is 2. The minimum Gasteiger partial charge on any atom is -0.373 e. The van der Waals surface area contributed by atoms with Gasteiger partial charge >= 0.3 is 0 Å². The van der Waals surface area contributed by atoms with E-state index in [1.54, 1.807) is 0 Å². The third kappa shape index (κ3) is 2.85. The molecule has 0 aliphatic carbocycles. The number of rotatable bonds is 2. The summed E-state index contributed by atoms with van der Waals surface area (Å²) in [4.78, 5) is 0. The van der Waals surface area contributed by atoms with Crippen molar-refractivity contribution in [2.75, 3.05) is 11.9 Å². The van der Waals surface area contributed by atoms with Crippen LogP contribution in [0.25, 0.3) is 0 Å². The Morgan fingerprint density at radius 3 is 2.80 bits per heavy atom. The van der Waals surface area contributed by atoms with E-state index in [0.29, 0.717) is 18.2 Å². The predicted octanol–water partition coefficient (Wildman–Crippen LogP) is 3.40. The van der Waals surface area contributed by atoms with Gasteiger partial charge in [-0.1, -0.05) is 20.8 Å². The third-order valence-corrected chi connectivity index (χ3v) is 4.25. The Labute approximate surface area is 121 Å². The molecule has 2 aliphatic rings. The summed E-state index contributed by atoms with van der Waals surface area (Å²) in [5.41, 5.74) is 1.47. The SMILES string of the molecule is CC1CCC(C2CCNc3cc(CC(C)(C)C)nn32)O1. The molecule has 3 heterocycles. The van der Waals surface area contributed by atoms with E-state index < -0.39 is 0 Å². The second-order valence-electron chi connectivity index (χ2n) is 7.55. The van der Waals surface area contributed by atoms with Crippen LogP contribution in [0, 0.1) is 5.41 Å². The van der Waals surface area contributed by atoms with Crippen LogP contribution < -0.4 is 5.32 Å². The molecule has 1 aromatic heterocycles. The van der Waals surface area contributed by atoms with Crippen LogP contribution in [0.2, 0.25) is 0 Å². The lowest BCUT2D eigenvalue weighted by molar-refractivity contribution is 0.0172. The van der Waals surface area contributed by atoms with Gasteiger partial charge in [0, 0.05) is 12.6 Å². The first-order valence-corrected chi connectivity index (χ1v) is 7.90. The Hall–Kier alpha value is -1.03. The first-order chi connectivity index (χ1) is 9.42. The molecule has 1 aromatic rings. The summed E-state index contributed by atoms with van der Waals surface area (Å²) in [5.74, 6) is 1.17. The highest BCUT2D eigenvalue weighted by Crippen LogP contribution is 2.35. The van der Waals surface area contributed by atoms with E-state index in [2.05, 4.69) is 43.8 Å². The van der Waals surface area contributed by atoms with Crippen LogP contribution in [0.3, 0.4) is 0 Å². The van der Waals surface area contributed by atoms with Crippen molar-refractivity contribution in [1.29, 1.82) is 0 Å². The molecule has 112 valence electrons. The molecule has 0 radical (unpaired) electrons. The minimum absolute atomic E-state index is 0.276. The summed E-state index contributed by atoms with van der Waals surface area (Å²) in [5, 5.41) is 8.34. The smallest absolute Gasteiger partial charge is 0.124 e. The average molecular weight is 277 g/mol. The molecule has 20 heavy (non-hydrogen) atoms. The molecular formula is C16H27N3O. The van der Waals surface area contributed by atoms with Gasteiger partial charge in [0.1, 0.15) is 5.82 Å². The van der Waals surface area contributed by atoms with Crippen LogP contribution >= 0.6 is 0 Å². The summed E-state index contributed by atoms with van der Waals surface area (Å²) >= 11 is 0. The van der Waals surface area contributed by atoms with Gasteiger partial charge in [-0.05, 0) is 38.0 Å². The van der Waals surface area contributed by atoms with Gasteiger partial charge in [0.2, 0.25) is 0 Å². The number of hydrogen-bond donors (Lipinski definition) is 1. The lowest BCUT2D eigenvalue weighted by atomic mass is 9.91. The molecule has 0 bridgehead atoms. The van der Waals surface area contributed by atoms with E-state index in [-0.39, 0.29) is 5.41 Å². The minimum atomic E-state index is 0.276. The Morgan fingerprint density at radius 2 is 2.15 bits per heavy atom. The first-order valence-electron chi connectivity index (χ1n) is 7.90. The predicted molar refractivity (Wildman–Crippen MR) is 81.1 cm³/mol. The maximum Gasteiger partial charge on any atom is 0.124 e. The van der Waals surface area contributed by atoms with Crippen molar-refractivity contribution >= 4 is 5.82 Å². The van der Waals surface area contributed by atoms with Gasteiger partial charge in [-0.3, -0.25) is 0 Å². The molecule has 1 N–H and O–H groups in total. The average Bonchev–Trinajstić information content (AvgIpc) is 2.91. The summed E-state index contributed by atoms with van der Waals surface area (Å²) in [7, 11) is 0. The van der Waals surface area contributed by atoms with E-state index in [4.69, 9.17) is 9.84 Å². The lowest BCUT2D eigenvalue weighted by Crippen LogP contribution is -2.32. The van der Waals surface area contributed by atoms with Crippen LogP contribution in [-0.4, -0.2) is 28.5 Å². The Morgan fingerprint density at radius 1 is 1.35 bits per heavy atom. The fourth-order valence-electron chi connectivity index (χ4n) is 3.39. The van der Waals surface area contributed by atoms with Crippen LogP contribution in [0.4, 0.5) is 5.82 Å². The molecule has 3 unspecified atom stereocenters. The number of nitrogens with zero attached hydrogens (tertiary/aromatic N) is 2. The second-order valence-corrected chi connectivity index (χ2v) is 7.55. The van der Waals surface area contributed by atoms with Crippen molar-refractivity contribution in [3.05, 3.63) is 11.8 Å². The van der Waals surface area contributed by atoms with Crippen molar-refractivity contribution in [3.8, 4) is 0 Å². The van der Waals surface area contributed by atoms with Crippen molar-refractivity contribution in [2.45, 2.75) is 71.6 Å². The van der Waals surface area contributed by atoms with Crippen molar-refractivity contribution in [3.63, 3.8) is 0 Å². The highest BCUT2D eigenvalue weighted by atomic mass is 16.5. The van der Waals surface area contributed by atoms with Gasteiger partial charge in [-0.2, -0.15) is 5.10 Å². The van der Waals surface area contributed by atoms with Gasteiger partial charge in [0.15, 0.2) is 0 Å². The van der Waals surface area contributed by atoms with Gasteiger partial charge < -0.3 is 10.1 Å². The van der Waals surface area contributed by atoms with Crippen molar-refractivity contribution in [1.82, 2.24) is 9.78 Å². The van der Waals surface area contributed by atoms with Crippen molar-refractivity contribution < 1.29 is 4.74 Å². The van der Waals surface area contributed by atoms with E-state index in [0.717, 1.165) is 19.4 Å². The zero-order chi connectivity index (χ0) is 14.3. The maximum atomic E-state index is 6.08. The van der Waals surface area contributed by atoms with E-state index in [1.807, 2.05) is 0 Å². The largest absolute Gasteiger partial charge is 0.373 e. The molecule has 3 atom stereocenters. The number of anilines is 1. The monoisotopic (exact) mass is 277 g/mol. The molecular weight excluding hydrogens is 250 g/mol. The summed E-state index contributed by atoms with van der Waals surface area (Å²) in [6.45, 7) is 9.99. The summed E-state index contributed by atoms with van der Waals surface area (Å²) in [6, 6.07) is 2.63. The number of ether oxygens (including phenoxy) is 1. The Balaban J connectivity index is 1.81. The van der Waals surface area contributed by atoms with E-state index in [1.165, 1.54) is 24.4 Å². The maximum absolute atomic E-state index is 6.08. The highest BCUT2D eigenvalue weighted by Gasteiger charge is 2.34. The zero-order valence-electron chi connectivity index (χ0n) is 13.1. The van der Waals surface area contributed by atoms with Crippen LogP contribution in [0.15, 0.2) is 6.07 Å². The summed E-state index contributed by atoms with van der Waals surface area (Å²) in [6.07, 6.45) is 5.22. The van der Waals surface area contributed by atoms with Gasteiger partial charge in [-0.25, -0.2) is 4.68 Å². The number of fused-ring (bicyclic) bond motifs is 1. The Bertz CT molecular complexity index is 475. The van der Waals surface area contributed by atoms with Crippen LogP contribution in [0.1, 0.15) is 58.7 Å². The topological polar surface area (TPSA) is 39.1 Å². The number of nitrogens with one attached hydrogen (secondary N) is 1.